The smallest absolute Gasteiger partial charge is 0.261 e. The van der Waals surface area contributed by atoms with Crippen molar-refractivity contribution in [3.05, 3.63) is 70.8 Å². The molecular weight excluding hydrogens is 352 g/mol. The second-order valence-electron chi connectivity index (χ2n) is 7.57. The lowest BCUT2D eigenvalue weighted by atomic mass is 10.0. The van der Waals surface area contributed by atoms with Gasteiger partial charge in [0.25, 0.3) is 11.8 Å². The lowest BCUT2D eigenvalue weighted by Gasteiger charge is -2.25. The molecule has 4 rings (SSSR count). The van der Waals surface area contributed by atoms with Crippen LogP contribution in [0.5, 0.6) is 0 Å². The molecule has 1 unspecified atom stereocenters. The Labute approximate surface area is 164 Å². The number of rotatable bonds is 5. The first-order valence-corrected chi connectivity index (χ1v) is 9.87. The summed E-state index contributed by atoms with van der Waals surface area (Å²) in [4.78, 5) is 41.0. The van der Waals surface area contributed by atoms with Crippen LogP contribution in [0.15, 0.2) is 48.5 Å². The predicted molar refractivity (Wildman–Crippen MR) is 106 cm³/mol. The number of amides is 3. The third kappa shape index (κ3) is 3.33. The second-order valence-corrected chi connectivity index (χ2v) is 7.57. The largest absolute Gasteiger partial charge is 0.336 e. The molecule has 2 aliphatic rings. The van der Waals surface area contributed by atoms with Gasteiger partial charge in [-0.05, 0) is 43.9 Å². The van der Waals surface area contributed by atoms with E-state index in [0.717, 1.165) is 24.9 Å². The molecule has 1 saturated heterocycles. The van der Waals surface area contributed by atoms with E-state index in [1.165, 1.54) is 10.5 Å². The zero-order valence-electron chi connectivity index (χ0n) is 16.1. The van der Waals surface area contributed by atoms with E-state index in [1.807, 2.05) is 36.1 Å². The molecule has 2 aromatic carbocycles. The molecule has 2 heterocycles. The van der Waals surface area contributed by atoms with Crippen molar-refractivity contribution in [2.45, 2.75) is 38.6 Å². The summed E-state index contributed by atoms with van der Waals surface area (Å²) in [5.74, 6) is -0.408. The molecule has 2 aliphatic heterocycles. The molecule has 0 aliphatic carbocycles. The van der Waals surface area contributed by atoms with Crippen LogP contribution in [0, 0.1) is 6.92 Å². The molecule has 28 heavy (non-hydrogen) atoms. The lowest BCUT2D eigenvalue weighted by molar-refractivity contribution is -0.132. The van der Waals surface area contributed by atoms with Crippen molar-refractivity contribution >= 4 is 17.7 Å². The maximum atomic E-state index is 12.8. The van der Waals surface area contributed by atoms with Gasteiger partial charge in [-0.3, -0.25) is 19.3 Å². The van der Waals surface area contributed by atoms with E-state index in [1.54, 1.807) is 12.1 Å². The summed E-state index contributed by atoms with van der Waals surface area (Å²) in [6.07, 6.45) is 2.81. The average Bonchev–Trinajstić information content (AvgIpc) is 3.28. The van der Waals surface area contributed by atoms with E-state index in [2.05, 4.69) is 12.1 Å². The van der Waals surface area contributed by atoms with E-state index in [9.17, 15) is 14.4 Å². The van der Waals surface area contributed by atoms with Crippen LogP contribution in [0.2, 0.25) is 0 Å². The molecule has 2 aromatic rings. The van der Waals surface area contributed by atoms with Crippen LogP contribution in [0.4, 0.5) is 0 Å². The Morgan fingerprint density at radius 1 is 1.04 bits per heavy atom. The highest BCUT2D eigenvalue weighted by molar-refractivity contribution is 6.21. The minimum atomic E-state index is -0.254. The summed E-state index contributed by atoms with van der Waals surface area (Å²) in [6.45, 7) is 2.95. The fourth-order valence-corrected chi connectivity index (χ4v) is 4.23. The van der Waals surface area contributed by atoms with Gasteiger partial charge in [-0.25, -0.2) is 0 Å². The Kier molecular flexibility index (Phi) is 4.99. The van der Waals surface area contributed by atoms with Crippen molar-refractivity contribution in [2.75, 3.05) is 13.1 Å². The van der Waals surface area contributed by atoms with Crippen molar-refractivity contribution < 1.29 is 14.4 Å². The van der Waals surface area contributed by atoms with Crippen LogP contribution in [0.1, 0.15) is 63.6 Å². The van der Waals surface area contributed by atoms with Crippen LogP contribution in [0.3, 0.4) is 0 Å². The van der Waals surface area contributed by atoms with Gasteiger partial charge in [0, 0.05) is 19.5 Å². The monoisotopic (exact) mass is 376 g/mol. The Hall–Kier alpha value is -2.95. The van der Waals surface area contributed by atoms with Gasteiger partial charge in [-0.2, -0.15) is 0 Å². The first-order valence-electron chi connectivity index (χ1n) is 9.87. The van der Waals surface area contributed by atoms with E-state index in [4.69, 9.17) is 0 Å². The molecule has 3 amide bonds. The van der Waals surface area contributed by atoms with Gasteiger partial charge in [0.05, 0.1) is 17.2 Å². The van der Waals surface area contributed by atoms with Gasteiger partial charge in [0.2, 0.25) is 5.91 Å². The van der Waals surface area contributed by atoms with Gasteiger partial charge >= 0.3 is 0 Å². The number of fused-ring (bicyclic) bond motifs is 1. The van der Waals surface area contributed by atoms with Crippen molar-refractivity contribution in [3.63, 3.8) is 0 Å². The molecule has 0 aromatic heterocycles. The van der Waals surface area contributed by atoms with Crippen molar-refractivity contribution in [1.29, 1.82) is 0 Å². The number of aryl methyl sites for hydroxylation is 1. The van der Waals surface area contributed by atoms with Crippen LogP contribution >= 0.6 is 0 Å². The minimum Gasteiger partial charge on any atom is -0.336 e. The van der Waals surface area contributed by atoms with Gasteiger partial charge in [0.15, 0.2) is 0 Å². The molecule has 1 atom stereocenters. The standard InChI is InChI=1S/C23H24N2O3/c1-16-11-12-18-19(15-16)23(28)25(22(18)27)14-6-10-21(26)24-13-5-9-20(24)17-7-3-2-4-8-17/h2-4,7-8,11-12,15,20H,5-6,9-10,13-14H2,1H3. The molecule has 0 radical (unpaired) electrons. The highest BCUT2D eigenvalue weighted by Gasteiger charge is 2.35. The second kappa shape index (κ2) is 7.58. The van der Waals surface area contributed by atoms with Crippen molar-refractivity contribution in [1.82, 2.24) is 9.80 Å². The van der Waals surface area contributed by atoms with Crippen molar-refractivity contribution in [3.8, 4) is 0 Å². The molecule has 0 spiro atoms. The molecule has 1 fully saturated rings. The maximum Gasteiger partial charge on any atom is 0.261 e. The Morgan fingerprint density at radius 2 is 1.79 bits per heavy atom. The van der Waals surface area contributed by atoms with E-state index >= 15 is 0 Å². The quantitative estimate of drug-likeness (QED) is 0.747. The summed E-state index contributed by atoms with van der Waals surface area (Å²) in [6, 6.07) is 15.6. The van der Waals surface area contributed by atoms with Crippen LogP contribution in [-0.2, 0) is 4.79 Å². The Bertz CT molecular complexity index is 923. The number of likely N-dealkylation sites (tertiary alicyclic amines) is 1. The summed E-state index contributed by atoms with van der Waals surface area (Å²) in [5, 5.41) is 0. The number of hydrogen-bond donors (Lipinski definition) is 0. The molecule has 5 heteroatoms. The number of hydrogen-bond acceptors (Lipinski definition) is 3. The third-order valence-corrected chi connectivity index (χ3v) is 5.66. The van der Waals surface area contributed by atoms with Crippen molar-refractivity contribution in [2.24, 2.45) is 0 Å². The molecular formula is C23H24N2O3. The fourth-order valence-electron chi connectivity index (χ4n) is 4.23. The number of benzene rings is 2. The summed E-state index contributed by atoms with van der Waals surface area (Å²) in [7, 11) is 0. The van der Waals surface area contributed by atoms with Gasteiger partial charge in [0.1, 0.15) is 0 Å². The summed E-state index contributed by atoms with van der Waals surface area (Å²) < 4.78 is 0. The van der Waals surface area contributed by atoms with Gasteiger partial charge in [-0.1, -0.05) is 42.0 Å². The van der Waals surface area contributed by atoms with Crippen LogP contribution in [-0.4, -0.2) is 40.6 Å². The average molecular weight is 376 g/mol. The van der Waals surface area contributed by atoms with E-state index in [0.29, 0.717) is 24.0 Å². The summed E-state index contributed by atoms with van der Waals surface area (Å²) >= 11 is 0. The highest BCUT2D eigenvalue weighted by Crippen LogP contribution is 2.32. The number of imide groups is 1. The molecule has 5 nitrogen and oxygen atoms in total. The topological polar surface area (TPSA) is 57.7 Å². The Balaban J connectivity index is 1.36. The minimum absolute atomic E-state index is 0.0961. The number of nitrogens with zero attached hydrogens (tertiary/aromatic N) is 2. The third-order valence-electron chi connectivity index (χ3n) is 5.66. The van der Waals surface area contributed by atoms with E-state index in [-0.39, 0.29) is 30.3 Å². The molecule has 0 saturated carbocycles. The first-order chi connectivity index (χ1) is 13.6. The molecule has 144 valence electrons. The zero-order chi connectivity index (χ0) is 19.7. The summed E-state index contributed by atoms with van der Waals surface area (Å²) in [5.41, 5.74) is 3.06. The fraction of sp³-hybridized carbons (Fsp3) is 0.348. The maximum absolute atomic E-state index is 12.8. The predicted octanol–water partition coefficient (Wildman–Crippen LogP) is 3.73. The lowest BCUT2D eigenvalue weighted by Crippen LogP contribution is -2.33. The Morgan fingerprint density at radius 3 is 2.57 bits per heavy atom. The number of carbonyl (C=O) groups excluding carboxylic acids is 3. The van der Waals surface area contributed by atoms with Gasteiger partial charge in [-0.15, -0.1) is 0 Å². The van der Waals surface area contributed by atoms with Crippen LogP contribution in [0.25, 0.3) is 0 Å². The molecule has 0 N–H and O–H groups in total. The van der Waals surface area contributed by atoms with Gasteiger partial charge < -0.3 is 4.90 Å². The zero-order valence-corrected chi connectivity index (χ0v) is 16.1. The SMILES string of the molecule is Cc1ccc2c(c1)C(=O)N(CCCC(=O)N1CCCC1c1ccccc1)C2=O. The first kappa shape index (κ1) is 18.4. The van der Waals surface area contributed by atoms with Crippen LogP contribution < -0.4 is 0 Å². The number of carbonyl (C=O) groups is 3. The molecule has 0 bridgehead atoms. The van der Waals surface area contributed by atoms with E-state index < -0.39 is 0 Å². The normalized spacial score (nSPS) is 18.7. The highest BCUT2D eigenvalue weighted by atomic mass is 16.2.